The molecule has 0 aliphatic carbocycles. The van der Waals surface area contributed by atoms with E-state index in [1.165, 1.54) is 0 Å². The van der Waals surface area contributed by atoms with Gasteiger partial charge in [0.25, 0.3) is 0 Å². The largest absolute Gasteiger partial charge is 0.497 e. The monoisotopic (exact) mass is 269 g/mol. The highest BCUT2D eigenvalue weighted by atomic mass is 16.5. The Balaban J connectivity index is 2.33. The lowest BCUT2D eigenvalue weighted by atomic mass is 9.97. The maximum atomic E-state index is 11.9. The summed E-state index contributed by atoms with van der Waals surface area (Å²) in [5, 5.41) is 0. The van der Waals surface area contributed by atoms with E-state index in [2.05, 4.69) is 0 Å². The number of carbonyl (C=O) groups is 1. The third-order valence-electron chi connectivity index (χ3n) is 3.26. The lowest BCUT2D eigenvalue weighted by molar-refractivity contribution is -0.127. The third kappa shape index (κ3) is 3.18. The molecule has 2 rings (SSSR count). The summed E-state index contributed by atoms with van der Waals surface area (Å²) >= 11 is 0. The second-order valence-electron chi connectivity index (χ2n) is 4.85. The minimum atomic E-state index is 0.103. The van der Waals surface area contributed by atoms with E-state index in [-0.39, 0.29) is 5.91 Å². The quantitative estimate of drug-likeness (QED) is 0.854. The Morgan fingerprint density at radius 1 is 1.05 bits per heavy atom. The van der Waals surface area contributed by atoms with Gasteiger partial charge in [-0.1, -0.05) is 36.4 Å². The van der Waals surface area contributed by atoms with Crippen LogP contribution in [0.3, 0.4) is 0 Å². The van der Waals surface area contributed by atoms with Gasteiger partial charge in [0.15, 0.2) is 0 Å². The van der Waals surface area contributed by atoms with Gasteiger partial charge in [0.2, 0.25) is 5.91 Å². The van der Waals surface area contributed by atoms with E-state index < -0.39 is 0 Å². The van der Waals surface area contributed by atoms with Gasteiger partial charge in [0, 0.05) is 14.1 Å². The van der Waals surface area contributed by atoms with Crippen LogP contribution in [0.15, 0.2) is 48.5 Å². The Morgan fingerprint density at radius 2 is 1.70 bits per heavy atom. The maximum Gasteiger partial charge on any atom is 0.226 e. The molecular formula is C17H19NO2. The Labute approximate surface area is 119 Å². The van der Waals surface area contributed by atoms with E-state index >= 15 is 0 Å². The van der Waals surface area contributed by atoms with Crippen LogP contribution in [0.5, 0.6) is 5.75 Å². The minimum Gasteiger partial charge on any atom is -0.497 e. The van der Waals surface area contributed by atoms with Crippen molar-refractivity contribution in [3.05, 3.63) is 54.1 Å². The first kappa shape index (κ1) is 14.1. The van der Waals surface area contributed by atoms with Crippen molar-refractivity contribution in [3.63, 3.8) is 0 Å². The van der Waals surface area contributed by atoms with Crippen molar-refractivity contribution in [1.29, 1.82) is 0 Å². The maximum absolute atomic E-state index is 11.9. The van der Waals surface area contributed by atoms with Crippen LogP contribution >= 0.6 is 0 Å². The summed E-state index contributed by atoms with van der Waals surface area (Å²) in [5.74, 6) is 0.932. The Bertz CT molecular complexity index is 588. The summed E-state index contributed by atoms with van der Waals surface area (Å²) in [6.07, 6.45) is 0.412. The van der Waals surface area contributed by atoms with Crippen molar-refractivity contribution in [3.8, 4) is 16.9 Å². The number of hydrogen-bond donors (Lipinski definition) is 0. The molecule has 0 aromatic heterocycles. The molecule has 0 atom stereocenters. The number of hydrogen-bond acceptors (Lipinski definition) is 2. The Hall–Kier alpha value is -2.29. The van der Waals surface area contributed by atoms with E-state index in [1.807, 2.05) is 48.5 Å². The molecule has 1 amide bonds. The summed E-state index contributed by atoms with van der Waals surface area (Å²) in [4.78, 5) is 13.5. The van der Waals surface area contributed by atoms with Crippen LogP contribution < -0.4 is 4.74 Å². The highest BCUT2D eigenvalue weighted by Crippen LogP contribution is 2.26. The molecule has 20 heavy (non-hydrogen) atoms. The average molecular weight is 269 g/mol. The van der Waals surface area contributed by atoms with Gasteiger partial charge in [-0.25, -0.2) is 0 Å². The van der Waals surface area contributed by atoms with Crippen molar-refractivity contribution in [2.45, 2.75) is 6.42 Å². The lowest BCUT2D eigenvalue weighted by Crippen LogP contribution is -2.23. The average Bonchev–Trinajstić information content (AvgIpc) is 2.48. The van der Waals surface area contributed by atoms with E-state index in [0.717, 1.165) is 22.4 Å². The van der Waals surface area contributed by atoms with E-state index in [4.69, 9.17) is 4.74 Å². The summed E-state index contributed by atoms with van der Waals surface area (Å²) in [5.41, 5.74) is 3.22. The molecule has 0 saturated carbocycles. The van der Waals surface area contributed by atoms with E-state index in [9.17, 15) is 4.79 Å². The van der Waals surface area contributed by atoms with Crippen LogP contribution in [0.1, 0.15) is 5.56 Å². The molecule has 0 aliphatic heterocycles. The summed E-state index contributed by atoms with van der Waals surface area (Å²) < 4.78 is 5.17. The van der Waals surface area contributed by atoms with Crippen LogP contribution in [-0.4, -0.2) is 32.0 Å². The molecule has 3 nitrogen and oxygen atoms in total. The molecule has 0 N–H and O–H groups in total. The first-order chi connectivity index (χ1) is 9.61. The number of likely N-dealkylation sites (N-methyl/N-ethyl adjacent to an activating group) is 1. The van der Waals surface area contributed by atoms with Gasteiger partial charge in [-0.15, -0.1) is 0 Å². The number of methoxy groups -OCH3 is 1. The summed E-state index contributed by atoms with van der Waals surface area (Å²) in [7, 11) is 5.20. The normalized spacial score (nSPS) is 10.2. The second kappa shape index (κ2) is 6.24. The zero-order valence-electron chi connectivity index (χ0n) is 12.1. The number of rotatable bonds is 4. The predicted octanol–water partition coefficient (Wildman–Crippen LogP) is 2.99. The number of nitrogens with zero attached hydrogens (tertiary/aromatic N) is 1. The SMILES string of the molecule is COc1ccc(-c2ccccc2CC(=O)N(C)C)cc1. The minimum absolute atomic E-state index is 0.103. The molecule has 2 aromatic carbocycles. The summed E-state index contributed by atoms with van der Waals surface area (Å²) in [6.45, 7) is 0. The molecule has 0 heterocycles. The van der Waals surface area contributed by atoms with Crippen LogP contribution in [0.4, 0.5) is 0 Å². The zero-order valence-corrected chi connectivity index (χ0v) is 12.1. The Kier molecular flexibility index (Phi) is 4.41. The number of ether oxygens (including phenoxy) is 1. The van der Waals surface area contributed by atoms with Crippen LogP contribution in [-0.2, 0) is 11.2 Å². The fourth-order valence-electron chi connectivity index (χ4n) is 2.05. The smallest absolute Gasteiger partial charge is 0.226 e. The standard InChI is InChI=1S/C17H19NO2/c1-18(2)17(19)12-14-6-4-5-7-16(14)13-8-10-15(20-3)11-9-13/h4-11H,12H2,1-3H3. The van der Waals surface area contributed by atoms with Gasteiger partial charge in [-0.3, -0.25) is 4.79 Å². The first-order valence-electron chi connectivity index (χ1n) is 6.54. The van der Waals surface area contributed by atoms with E-state index in [0.29, 0.717) is 6.42 Å². The highest BCUT2D eigenvalue weighted by Gasteiger charge is 2.10. The number of benzene rings is 2. The van der Waals surface area contributed by atoms with Gasteiger partial charge in [0.1, 0.15) is 5.75 Å². The van der Waals surface area contributed by atoms with Crippen molar-refractivity contribution >= 4 is 5.91 Å². The number of carbonyl (C=O) groups excluding carboxylic acids is 1. The molecule has 0 fully saturated rings. The second-order valence-corrected chi connectivity index (χ2v) is 4.85. The Morgan fingerprint density at radius 3 is 2.30 bits per heavy atom. The summed E-state index contributed by atoms with van der Waals surface area (Å²) in [6, 6.07) is 15.9. The van der Waals surface area contributed by atoms with Gasteiger partial charge in [-0.05, 0) is 28.8 Å². The molecule has 0 aliphatic rings. The van der Waals surface area contributed by atoms with E-state index in [1.54, 1.807) is 26.1 Å². The molecule has 0 saturated heterocycles. The van der Waals surface area contributed by atoms with Crippen LogP contribution in [0.2, 0.25) is 0 Å². The van der Waals surface area contributed by atoms with Crippen LogP contribution in [0, 0.1) is 0 Å². The van der Waals surface area contributed by atoms with Crippen molar-refractivity contribution in [1.82, 2.24) is 4.90 Å². The molecule has 0 spiro atoms. The molecule has 104 valence electrons. The van der Waals surface area contributed by atoms with Gasteiger partial charge in [0.05, 0.1) is 13.5 Å². The molecule has 3 heteroatoms. The molecule has 2 aromatic rings. The molecule has 0 bridgehead atoms. The first-order valence-corrected chi connectivity index (χ1v) is 6.54. The lowest BCUT2D eigenvalue weighted by Gasteiger charge is -2.13. The third-order valence-corrected chi connectivity index (χ3v) is 3.26. The fourth-order valence-corrected chi connectivity index (χ4v) is 2.05. The van der Waals surface area contributed by atoms with Crippen molar-refractivity contribution < 1.29 is 9.53 Å². The van der Waals surface area contributed by atoms with Crippen molar-refractivity contribution in [2.24, 2.45) is 0 Å². The van der Waals surface area contributed by atoms with Crippen LogP contribution in [0.25, 0.3) is 11.1 Å². The molecule has 0 unspecified atom stereocenters. The topological polar surface area (TPSA) is 29.5 Å². The van der Waals surface area contributed by atoms with Gasteiger partial charge >= 0.3 is 0 Å². The fraction of sp³-hybridized carbons (Fsp3) is 0.235. The predicted molar refractivity (Wildman–Crippen MR) is 80.8 cm³/mol. The van der Waals surface area contributed by atoms with Crippen molar-refractivity contribution in [2.75, 3.05) is 21.2 Å². The van der Waals surface area contributed by atoms with Gasteiger partial charge in [-0.2, -0.15) is 0 Å². The molecule has 0 radical (unpaired) electrons. The van der Waals surface area contributed by atoms with Gasteiger partial charge < -0.3 is 9.64 Å². The number of amides is 1. The molecular weight excluding hydrogens is 250 g/mol. The zero-order chi connectivity index (χ0) is 14.5. The highest BCUT2D eigenvalue weighted by molar-refractivity contribution is 5.81.